The molecule has 0 spiro atoms. The van der Waals surface area contributed by atoms with E-state index in [0.29, 0.717) is 22.6 Å². The number of aromatic hydroxyl groups is 1. The van der Waals surface area contributed by atoms with Gasteiger partial charge in [-0.1, -0.05) is 0 Å². The van der Waals surface area contributed by atoms with Gasteiger partial charge in [0.2, 0.25) is 0 Å². The smallest absolute Gasteiger partial charge is 0.343 e. The summed E-state index contributed by atoms with van der Waals surface area (Å²) in [6, 6.07) is 4.40. The first-order chi connectivity index (χ1) is 13.1. The molecule has 1 aromatic carbocycles. The number of aromatic nitrogens is 3. The molecule has 2 aromatic heterocycles. The monoisotopic (exact) mass is 370 g/mol. The summed E-state index contributed by atoms with van der Waals surface area (Å²) in [6.45, 7) is 2.19. The van der Waals surface area contributed by atoms with E-state index in [1.165, 1.54) is 22.8 Å². The largest absolute Gasteiger partial charge is 0.507 e. The Hall–Kier alpha value is -3.16. The van der Waals surface area contributed by atoms with Crippen molar-refractivity contribution in [2.24, 2.45) is 0 Å². The Morgan fingerprint density at radius 1 is 1.44 bits per heavy atom. The van der Waals surface area contributed by atoms with Crippen LogP contribution in [0, 0.1) is 5.82 Å². The van der Waals surface area contributed by atoms with E-state index in [1.807, 2.05) is 0 Å². The molecule has 0 aliphatic heterocycles. The van der Waals surface area contributed by atoms with Crippen LogP contribution >= 0.6 is 0 Å². The summed E-state index contributed by atoms with van der Waals surface area (Å²) in [5, 5.41) is 17.6. The van der Waals surface area contributed by atoms with Crippen molar-refractivity contribution < 1.29 is 19.0 Å². The molecule has 27 heavy (non-hydrogen) atoms. The van der Waals surface area contributed by atoms with E-state index in [0.717, 1.165) is 12.8 Å². The second-order valence-electron chi connectivity index (χ2n) is 6.49. The lowest BCUT2D eigenvalue weighted by Gasteiger charge is -2.11. The number of phenolic OH excluding ortho intramolecular Hbond substituents is 1. The second-order valence-corrected chi connectivity index (χ2v) is 6.49. The summed E-state index contributed by atoms with van der Waals surface area (Å²) >= 11 is 0. The first-order valence-electron chi connectivity index (χ1n) is 8.83. The van der Waals surface area contributed by atoms with Crippen molar-refractivity contribution in [1.29, 1.82) is 0 Å². The van der Waals surface area contributed by atoms with Gasteiger partial charge in [-0.05, 0) is 43.9 Å². The third kappa shape index (κ3) is 3.42. The summed E-state index contributed by atoms with van der Waals surface area (Å²) in [5.41, 5.74) is 1.76. The maximum absolute atomic E-state index is 13.9. The SMILES string of the molecule is CCOC(=O)c1cnn2ccc(NCc3cc(F)cc(C4CC4)c3O)nc12. The van der Waals surface area contributed by atoms with Crippen molar-refractivity contribution in [3.8, 4) is 5.75 Å². The number of rotatable bonds is 6. The Bertz CT molecular complexity index is 1010. The Balaban J connectivity index is 1.57. The topological polar surface area (TPSA) is 88.8 Å². The molecule has 0 radical (unpaired) electrons. The number of esters is 1. The molecule has 0 amide bonds. The summed E-state index contributed by atoms with van der Waals surface area (Å²) in [4.78, 5) is 16.4. The zero-order chi connectivity index (χ0) is 19.0. The molecule has 1 fully saturated rings. The van der Waals surface area contributed by atoms with Gasteiger partial charge in [0, 0.05) is 23.9 Å². The van der Waals surface area contributed by atoms with Crippen molar-refractivity contribution >= 4 is 17.4 Å². The molecule has 8 heteroatoms. The number of carbonyl (C=O) groups excluding carboxylic acids is 1. The predicted octanol–water partition coefficient (Wildman–Crippen LogP) is 3.24. The number of carbonyl (C=O) groups is 1. The molecule has 7 nitrogen and oxygen atoms in total. The highest BCUT2D eigenvalue weighted by Gasteiger charge is 2.28. The highest BCUT2D eigenvalue weighted by Crippen LogP contribution is 2.45. The van der Waals surface area contributed by atoms with Crippen LogP contribution in [-0.2, 0) is 11.3 Å². The molecule has 1 saturated carbocycles. The fourth-order valence-corrected chi connectivity index (χ4v) is 3.03. The van der Waals surface area contributed by atoms with Crippen molar-refractivity contribution in [3.05, 3.63) is 53.1 Å². The molecule has 2 N–H and O–H groups in total. The number of nitrogens with zero attached hydrogens (tertiary/aromatic N) is 3. The molecule has 0 unspecified atom stereocenters. The van der Waals surface area contributed by atoms with Crippen LogP contribution in [-0.4, -0.2) is 32.3 Å². The number of nitrogens with one attached hydrogen (secondary N) is 1. The molecular formula is C19H19FN4O3. The third-order valence-electron chi connectivity index (χ3n) is 4.52. The van der Waals surface area contributed by atoms with Crippen molar-refractivity contribution in [3.63, 3.8) is 0 Å². The Kier molecular flexibility index (Phi) is 4.39. The molecule has 2 heterocycles. The summed E-state index contributed by atoms with van der Waals surface area (Å²) < 4.78 is 20.4. The van der Waals surface area contributed by atoms with Crippen LogP contribution < -0.4 is 5.32 Å². The van der Waals surface area contributed by atoms with Gasteiger partial charge in [0.05, 0.1) is 12.8 Å². The maximum Gasteiger partial charge on any atom is 0.343 e. The van der Waals surface area contributed by atoms with E-state index in [-0.39, 0.29) is 36.2 Å². The van der Waals surface area contributed by atoms with Crippen LogP contribution in [0.1, 0.15) is 47.2 Å². The molecule has 3 aromatic rings. The highest BCUT2D eigenvalue weighted by molar-refractivity contribution is 5.95. The minimum absolute atomic E-state index is 0.129. The quantitative estimate of drug-likeness (QED) is 0.648. The van der Waals surface area contributed by atoms with Gasteiger partial charge in [-0.15, -0.1) is 0 Å². The fourth-order valence-electron chi connectivity index (χ4n) is 3.03. The summed E-state index contributed by atoms with van der Waals surface area (Å²) in [6.07, 6.45) is 5.01. The van der Waals surface area contributed by atoms with Gasteiger partial charge in [0.1, 0.15) is 22.9 Å². The number of hydrogen-bond acceptors (Lipinski definition) is 6. The molecule has 0 atom stereocenters. The van der Waals surface area contributed by atoms with Crippen LogP contribution in [0.3, 0.4) is 0 Å². The van der Waals surface area contributed by atoms with Gasteiger partial charge in [0.25, 0.3) is 0 Å². The number of phenols is 1. The Morgan fingerprint density at radius 3 is 3.00 bits per heavy atom. The Morgan fingerprint density at radius 2 is 2.26 bits per heavy atom. The molecule has 0 bridgehead atoms. The second kappa shape index (κ2) is 6.86. The van der Waals surface area contributed by atoms with Crippen LogP contribution in [0.5, 0.6) is 5.75 Å². The van der Waals surface area contributed by atoms with Gasteiger partial charge in [-0.2, -0.15) is 5.10 Å². The van der Waals surface area contributed by atoms with E-state index in [4.69, 9.17) is 4.74 Å². The van der Waals surface area contributed by atoms with Crippen LogP contribution in [0.15, 0.2) is 30.6 Å². The van der Waals surface area contributed by atoms with Crippen LogP contribution in [0.4, 0.5) is 10.2 Å². The molecule has 140 valence electrons. The number of ether oxygens (including phenoxy) is 1. The zero-order valence-electron chi connectivity index (χ0n) is 14.8. The number of benzene rings is 1. The van der Waals surface area contributed by atoms with Gasteiger partial charge in [0.15, 0.2) is 5.65 Å². The van der Waals surface area contributed by atoms with E-state index in [9.17, 15) is 14.3 Å². The highest BCUT2D eigenvalue weighted by atomic mass is 19.1. The van der Waals surface area contributed by atoms with E-state index in [2.05, 4.69) is 15.4 Å². The van der Waals surface area contributed by atoms with E-state index < -0.39 is 5.97 Å². The third-order valence-corrected chi connectivity index (χ3v) is 4.52. The molecule has 1 aliphatic rings. The fraction of sp³-hybridized carbons (Fsp3) is 0.316. The van der Waals surface area contributed by atoms with Gasteiger partial charge in [-0.25, -0.2) is 18.7 Å². The lowest BCUT2D eigenvalue weighted by Crippen LogP contribution is -2.07. The number of hydrogen-bond donors (Lipinski definition) is 2. The lowest BCUT2D eigenvalue weighted by molar-refractivity contribution is 0.0528. The van der Waals surface area contributed by atoms with Gasteiger partial charge < -0.3 is 15.2 Å². The van der Waals surface area contributed by atoms with Crippen molar-refractivity contribution in [2.75, 3.05) is 11.9 Å². The Labute approximate surface area is 154 Å². The first-order valence-corrected chi connectivity index (χ1v) is 8.83. The van der Waals surface area contributed by atoms with E-state index in [1.54, 1.807) is 19.2 Å². The number of fused-ring (bicyclic) bond motifs is 1. The molecule has 0 saturated heterocycles. The number of anilines is 1. The summed E-state index contributed by atoms with van der Waals surface area (Å²) in [7, 11) is 0. The first kappa shape index (κ1) is 17.3. The molecular weight excluding hydrogens is 351 g/mol. The van der Waals surface area contributed by atoms with Gasteiger partial charge in [-0.3, -0.25) is 0 Å². The maximum atomic E-state index is 13.9. The van der Waals surface area contributed by atoms with Crippen molar-refractivity contribution in [2.45, 2.75) is 32.2 Å². The minimum Gasteiger partial charge on any atom is -0.507 e. The van der Waals surface area contributed by atoms with Crippen molar-refractivity contribution in [1.82, 2.24) is 14.6 Å². The summed E-state index contributed by atoms with van der Waals surface area (Å²) in [5.74, 6) is -0.00798. The zero-order valence-corrected chi connectivity index (χ0v) is 14.8. The van der Waals surface area contributed by atoms with Crippen LogP contribution in [0.25, 0.3) is 5.65 Å². The molecule has 4 rings (SSSR count). The van der Waals surface area contributed by atoms with Crippen LogP contribution in [0.2, 0.25) is 0 Å². The number of halogens is 1. The average Bonchev–Trinajstić information content (AvgIpc) is 3.41. The van der Waals surface area contributed by atoms with Gasteiger partial charge >= 0.3 is 5.97 Å². The predicted molar refractivity (Wildman–Crippen MR) is 96.3 cm³/mol. The van der Waals surface area contributed by atoms with E-state index >= 15 is 0 Å². The standard InChI is InChI=1S/C19H19FN4O3/c1-2-27-19(26)15-10-22-24-6-5-16(23-18(15)24)21-9-12-7-13(20)8-14(17(12)25)11-3-4-11/h5-8,10-11,25H,2-4,9H2,1H3,(H,21,23). The average molecular weight is 370 g/mol. The normalized spacial score (nSPS) is 13.7. The lowest BCUT2D eigenvalue weighted by atomic mass is 10.0. The molecule has 1 aliphatic carbocycles. The minimum atomic E-state index is -0.492.